The predicted octanol–water partition coefficient (Wildman–Crippen LogP) is 3.44. The minimum absolute atomic E-state index is 0.0144. The molecule has 6 heteroatoms. The van der Waals surface area contributed by atoms with Crippen LogP contribution in [0.5, 0.6) is 5.75 Å². The number of fused-ring (bicyclic) bond motifs is 1. The van der Waals surface area contributed by atoms with Crippen LogP contribution in [0.25, 0.3) is 10.8 Å². The molecule has 0 saturated heterocycles. The molecule has 0 radical (unpaired) electrons. The number of benzene rings is 2. The Hall–Kier alpha value is -2.60. The van der Waals surface area contributed by atoms with Crippen LogP contribution in [0.1, 0.15) is 10.5 Å². The molecule has 0 aliphatic carbocycles. The van der Waals surface area contributed by atoms with Crippen LogP contribution in [0, 0.1) is 0 Å². The molecule has 3 rings (SSSR count). The van der Waals surface area contributed by atoms with Crippen molar-refractivity contribution in [1.82, 2.24) is 4.98 Å². The van der Waals surface area contributed by atoms with E-state index in [1.165, 1.54) is 16.7 Å². The maximum absolute atomic E-state index is 10.8. The summed E-state index contributed by atoms with van der Waals surface area (Å²) in [5.74, 6) is -0.846. The monoisotopic (exact) mass is 286 g/mol. The molecule has 3 aromatic rings. The number of hydrogen-bond acceptors (Lipinski definition) is 5. The molecular formula is C14H10N2O3S. The number of nitrogens with one attached hydrogen (secondary N) is 1. The summed E-state index contributed by atoms with van der Waals surface area (Å²) >= 11 is 1.22. The van der Waals surface area contributed by atoms with Crippen molar-refractivity contribution in [2.45, 2.75) is 0 Å². The smallest absolute Gasteiger partial charge is 0.355 e. The second-order valence-corrected chi connectivity index (χ2v) is 5.00. The Labute approximate surface area is 118 Å². The third-order valence-electron chi connectivity index (χ3n) is 2.86. The van der Waals surface area contributed by atoms with Gasteiger partial charge in [-0.25, -0.2) is 9.78 Å². The molecule has 100 valence electrons. The van der Waals surface area contributed by atoms with Gasteiger partial charge >= 0.3 is 5.97 Å². The lowest BCUT2D eigenvalue weighted by Gasteiger charge is -2.08. The number of carbonyl (C=O) groups is 1. The molecule has 0 bridgehead atoms. The summed E-state index contributed by atoms with van der Waals surface area (Å²) in [6, 6.07) is 10.7. The quantitative estimate of drug-likeness (QED) is 0.687. The lowest BCUT2D eigenvalue weighted by atomic mass is 10.1. The van der Waals surface area contributed by atoms with Crippen molar-refractivity contribution >= 4 is 38.9 Å². The Morgan fingerprint density at radius 1 is 1.15 bits per heavy atom. The van der Waals surface area contributed by atoms with Gasteiger partial charge in [-0.1, -0.05) is 24.3 Å². The molecule has 1 aromatic heterocycles. The second-order valence-electron chi connectivity index (χ2n) is 4.15. The average molecular weight is 286 g/mol. The first kappa shape index (κ1) is 12.4. The van der Waals surface area contributed by atoms with Crippen molar-refractivity contribution in [3.05, 3.63) is 47.5 Å². The number of carboxylic acids is 1. The molecule has 20 heavy (non-hydrogen) atoms. The van der Waals surface area contributed by atoms with E-state index < -0.39 is 5.97 Å². The van der Waals surface area contributed by atoms with E-state index in [0.717, 1.165) is 16.5 Å². The summed E-state index contributed by atoms with van der Waals surface area (Å²) < 4.78 is 0. The van der Waals surface area contributed by atoms with Crippen LogP contribution in [0.4, 0.5) is 10.8 Å². The van der Waals surface area contributed by atoms with Crippen molar-refractivity contribution in [2.75, 3.05) is 5.32 Å². The van der Waals surface area contributed by atoms with Crippen molar-refractivity contribution in [3.8, 4) is 5.75 Å². The molecule has 0 spiro atoms. The van der Waals surface area contributed by atoms with Crippen molar-refractivity contribution < 1.29 is 15.0 Å². The standard InChI is InChI=1S/C14H10N2O3S/c17-12-6-2-3-8-9(12)4-1-5-10(8)15-14-16-11(7-20-14)13(18)19/h1-7,17H,(H,15,16)(H,18,19). The Bertz CT molecular complexity index is 798. The highest BCUT2D eigenvalue weighted by molar-refractivity contribution is 7.14. The van der Waals surface area contributed by atoms with Gasteiger partial charge < -0.3 is 15.5 Å². The number of aromatic hydroxyl groups is 1. The number of thiazole rings is 1. The van der Waals surface area contributed by atoms with Crippen molar-refractivity contribution in [2.24, 2.45) is 0 Å². The third-order valence-corrected chi connectivity index (χ3v) is 3.62. The van der Waals surface area contributed by atoms with E-state index in [0.29, 0.717) is 5.13 Å². The van der Waals surface area contributed by atoms with Crippen LogP contribution in [0.2, 0.25) is 0 Å². The Balaban J connectivity index is 2.02. The number of anilines is 2. The fourth-order valence-corrected chi connectivity index (χ4v) is 2.64. The lowest BCUT2D eigenvalue weighted by Crippen LogP contribution is -1.97. The van der Waals surface area contributed by atoms with Crippen LogP contribution < -0.4 is 5.32 Å². The molecule has 0 fully saturated rings. The van der Waals surface area contributed by atoms with Gasteiger partial charge in [-0.05, 0) is 12.1 Å². The minimum atomic E-state index is -1.05. The summed E-state index contributed by atoms with van der Waals surface area (Å²) in [7, 11) is 0. The third kappa shape index (κ3) is 2.17. The summed E-state index contributed by atoms with van der Waals surface area (Å²) in [6.45, 7) is 0. The summed E-state index contributed by atoms with van der Waals surface area (Å²) in [4.78, 5) is 14.8. The predicted molar refractivity (Wildman–Crippen MR) is 78.0 cm³/mol. The largest absolute Gasteiger partial charge is 0.507 e. The lowest BCUT2D eigenvalue weighted by molar-refractivity contribution is 0.0691. The zero-order valence-electron chi connectivity index (χ0n) is 10.2. The fraction of sp³-hybridized carbons (Fsp3) is 0. The van der Waals surface area contributed by atoms with Gasteiger partial charge in [0.2, 0.25) is 0 Å². The van der Waals surface area contributed by atoms with Gasteiger partial charge in [0.15, 0.2) is 10.8 Å². The molecule has 1 heterocycles. The highest BCUT2D eigenvalue weighted by atomic mass is 32.1. The average Bonchev–Trinajstić information content (AvgIpc) is 2.89. The highest BCUT2D eigenvalue weighted by Crippen LogP contribution is 2.32. The first-order chi connectivity index (χ1) is 9.65. The van der Waals surface area contributed by atoms with Gasteiger partial charge in [0, 0.05) is 21.8 Å². The molecule has 2 aromatic carbocycles. The van der Waals surface area contributed by atoms with Crippen molar-refractivity contribution in [3.63, 3.8) is 0 Å². The van der Waals surface area contributed by atoms with Gasteiger partial charge in [0.25, 0.3) is 0 Å². The molecule has 0 aliphatic heterocycles. The van der Waals surface area contributed by atoms with Crippen LogP contribution in [-0.2, 0) is 0 Å². The Morgan fingerprint density at radius 2 is 1.90 bits per heavy atom. The molecule has 0 aliphatic rings. The number of hydrogen-bond donors (Lipinski definition) is 3. The van der Waals surface area contributed by atoms with Gasteiger partial charge in [-0.3, -0.25) is 0 Å². The van der Waals surface area contributed by atoms with Crippen LogP contribution in [-0.4, -0.2) is 21.2 Å². The highest BCUT2D eigenvalue weighted by Gasteiger charge is 2.10. The number of phenolic OH excluding ortho intramolecular Hbond substituents is 1. The molecule has 0 amide bonds. The van der Waals surface area contributed by atoms with Gasteiger partial charge in [0.05, 0.1) is 0 Å². The number of carboxylic acid groups (broad SMARTS) is 1. The van der Waals surface area contributed by atoms with Crippen molar-refractivity contribution in [1.29, 1.82) is 0 Å². The van der Waals surface area contributed by atoms with Crippen LogP contribution >= 0.6 is 11.3 Å². The second kappa shape index (κ2) is 4.82. The van der Waals surface area contributed by atoms with E-state index in [4.69, 9.17) is 5.11 Å². The maximum Gasteiger partial charge on any atom is 0.355 e. The van der Waals surface area contributed by atoms with E-state index in [1.54, 1.807) is 12.1 Å². The van der Waals surface area contributed by atoms with Crippen LogP contribution in [0.15, 0.2) is 41.8 Å². The van der Waals surface area contributed by atoms with Gasteiger partial charge in [-0.15, -0.1) is 11.3 Å². The number of rotatable bonds is 3. The molecule has 0 unspecified atom stereocenters. The number of nitrogens with zero attached hydrogens (tertiary/aromatic N) is 1. The summed E-state index contributed by atoms with van der Waals surface area (Å²) in [6.07, 6.45) is 0. The SMILES string of the molecule is O=C(O)c1csc(Nc2cccc3c(O)cccc23)n1. The summed E-state index contributed by atoms with van der Waals surface area (Å²) in [5.41, 5.74) is 0.783. The molecule has 0 atom stereocenters. The minimum Gasteiger partial charge on any atom is -0.507 e. The Morgan fingerprint density at radius 3 is 2.65 bits per heavy atom. The molecular weight excluding hydrogens is 276 g/mol. The number of phenols is 1. The number of aromatic nitrogens is 1. The first-order valence-corrected chi connectivity index (χ1v) is 6.69. The normalized spacial score (nSPS) is 10.6. The topological polar surface area (TPSA) is 82.5 Å². The first-order valence-electron chi connectivity index (χ1n) is 5.82. The molecule has 5 nitrogen and oxygen atoms in total. The maximum atomic E-state index is 10.8. The molecule has 3 N–H and O–H groups in total. The van der Waals surface area contributed by atoms with E-state index in [1.807, 2.05) is 24.3 Å². The molecule has 0 saturated carbocycles. The van der Waals surface area contributed by atoms with Crippen LogP contribution in [0.3, 0.4) is 0 Å². The Kier molecular flexibility index (Phi) is 3.00. The van der Waals surface area contributed by atoms with E-state index in [2.05, 4.69) is 10.3 Å². The van der Waals surface area contributed by atoms with E-state index in [9.17, 15) is 9.90 Å². The fourth-order valence-electron chi connectivity index (χ4n) is 1.95. The van der Waals surface area contributed by atoms with E-state index >= 15 is 0 Å². The van der Waals surface area contributed by atoms with Gasteiger partial charge in [0.1, 0.15) is 5.75 Å². The zero-order chi connectivity index (χ0) is 14.1. The number of aromatic carboxylic acids is 1. The van der Waals surface area contributed by atoms with Gasteiger partial charge in [-0.2, -0.15) is 0 Å². The zero-order valence-corrected chi connectivity index (χ0v) is 11.0. The van der Waals surface area contributed by atoms with E-state index in [-0.39, 0.29) is 11.4 Å². The summed E-state index contributed by atoms with van der Waals surface area (Å²) in [5, 5.41) is 25.3.